The smallest absolute Gasteiger partial charge is 0.247 e. The van der Waals surface area contributed by atoms with Crippen LogP contribution in [0.5, 0.6) is 0 Å². The number of hydrogen-bond acceptors (Lipinski definition) is 4. The number of carbonyl (C=O) groups is 2. The number of rotatable bonds is 5. The van der Waals surface area contributed by atoms with Crippen molar-refractivity contribution >= 4 is 27.5 Å². The van der Waals surface area contributed by atoms with Crippen molar-refractivity contribution in [3.05, 3.63) is 60.4 Å². The fourth-order valence-corrected chi connectivity index (χ4v) is 6.16. The summed E-state index contributed by atoms with van der Waals surface area (Å²) in [7, 11) is -4.00. The van der Waals surface area contributed by atoms with Crippen LogP contribution < -0.4 is 10.2 Å². The molecule has 33 heavy (non-hydrogen) atoms. The summed E-state index contributed by atoms with van der Waals surface area (Å²) >= 11 is 0. The molecule has 0 unspecified atom stereocenters. The van der Waals surface area contributed by atoms with Gasteiger partial charge in [-0.15, -0.1) is 0 Å². The van der Waals surface area contributed by atoms with Crippen LogP contribution in [-0.2, 0) is 19.6 Å². The van der Waals surface area contributed by atoms with Crippen LogP contribution >= 0.6 is 0 Å². The Labute approximate surface area is 193 Å². The number of carbonyl (C=O) groups excluding carboxylic acids is 2. The maximum atomic E-state index is 13.6. The lowest BCUT2D eigenvalue weighted by Crippen LogP contribution is -2.70. The quantitative estimate of drug-likeness (QED) is 0.723. The number of anilines is 1. The molecule has 1 atom stereocenters. The van der Waals surface area contributed by atoms with Gasteiger partial charge in [0.25, 0.3) is 0 Å². The van der Waals surface area contributed by atoms with E-state index in [9.17, 15) is 22.4 Å². The third-order valence-corrected chi connectivity index (χ3v) is 8.24. The molecule has 2 aliphatic rings. The molecule has 7 nitrogen and oxygen atoms in total. The maximum Gasteiger partial charge on any atom is 0.247 e. The number of hydrogen-bond donors (Lipinski definition) is 1. The summed E-state index contributed by atoms with van der Waals surface area (Å²) in [6.45, 7) is 0.936. The molecule has 0 aromatic heterocycles. The second kappa shape index (κ2) is 9.23. The lowest BCUT2D eigenvalue weighted by molar-refractivity contribution is -0.133. The molecular formula is C24H28FN3O4S. The van der Waals surface area contributed by atoms with Gasteiger partial charge in [-0.25, -0.2) is 12.8 Å². The van der Waals surface area contributed by atoms with Crippen molar-refractivity contribution in [2.24, 2.45) is 0 Å². The Morgan fingerprint density at radius 2 is 1.67 bits per heavy atom. The molecule has 2 fully saturated rings. The Morgan fingerprint density at radius 1 is 1.03 bits per heavy atom. The molecule has 1 saturated carbocycles. The molecule has 2 amide bonds. The normalized spacial score (nSPS) is 22.8. The van der Waals surface area contributed by atoms with E-state index in [1.165, 1.54) is 41.3 Å². The highest BCUT2D eigenvalue weighted by Crippen LogP contribution is 2.33. The largest absolute Gasteiger partial charge is 0.351 e. The molecular weight excluding hydrogens is 445 g/mol. The van der Waals surface area contributed by atoms with E-state index in [-0.39, 0.29) is 17.5 Å². The van der Waals surface area contributed by atoms with Crippen molar-refractivity contribution < 1.29 is 22.4 Å². The Balaban J connectivity index is 1.71. The highest BCUT2D eigenvalue weighted by Gasteiger charge is 2.51. The molecule has 2 aromatic carbocycles. The zero-order valence-corrected chi connectivity index (χ0v) is 19.4. The van der Waals surface area contributed by atoms with E-state index in [4.69, 9.17) is 0 Å². The van der Waals surface area contributed by atoms with Gasteiger partial charge in [0.2, 0.25) is 21.8 Å². The third-order valence-electron chi connectivity index (χ3n) is 6.43. The minimum atomic E-state index is -4.00. The van der Waals surface area contributed by atoms with Gasteiger partial charge in [-0.3, -0.25) is 14.5 Å². The molecule has 1 N–H and O–H groups in total. The summed E-state index contributed by atoms with van der Waals surface area (Å²) in [5.41, 5.74) is -1.16. The number of piperazine rings is 1. The van der Waals surface area contributed by atoms with Crippen LogP contribution in [0.3, 0.4) is 0 Å². The molecule has 1 aliphatic carbocycles. The van der Waals surface area contributed by atoms with Gasteiger partial charge in [0.05, 0.1) is 11.4 Å². The Hall–Kier alpha value is -2.78. The SMILES string of the molecule is C[C@@]1(C(=O)NC2CCCCC2)CN(S(=O)(=O)c2ccccc2)CC(=O)N1c1ccc(F)cc1. The first-order valence-corrected chi connectivity index (χ1v) is 12.6. The van der Waals surface area contributed by atoms with Crippen LogP contribution in [0.15, 0.2) is 59.5 Å². The lowest BCUT2D eigenvalue weighted by Gasteiger charge is -2.47. The highest BCUT2D eigenvalue weighted by molar-refractivity contribution is 7.89. The molecule has 4 rings (SSSR count). The van der Waals surface area contributed by atoms with Crippen molar-refractivity contribution in [3.63, 3.8) is 0 Å². The van der Waals surface area contributed by atoms with Crippen LogP contribution in [0.4, 0.5) is 10.1 Å². The highest BCUT2D eigenvalue weighted by atomic mass is 32.2. The summed E-state index contributed by atoms with van der Waals surface area (Å²) in [5, 5.41) is 3.04. The van der Waals surface area contributed by atoms with Gasteiger partial charge in [-0.05, 0) is 56.2 Å². The van der Waals surface area contributed by atoms with E-state index < -0.39 is 39.7 Å². The van der Waals surface area contributed by atoms with Crippen LogP contribution in [0.2, 0.25) is 0 Å². The first kappa shape index (κ1) is 23.4. The molecule has 176 valence electrons. The minimum Gasteiger partial charge on any atom is -0.351 e. The summed E-state index contributed by atoms with van der Waals surface area (Å²) in [6, 6.07) is 13.1. The average Bonchev–Trinajstić information content (AvgIpc) is 2.81. The van der Waals surface area contributed by atoms with Gasteiger partial charge in [-0.1, -0.05) is 37.5 Å². The van der Waals surface area contributed by atoms with Crippen LogP contribution in [-0.4, -0.2) is 49.2 Å². The Kier molecular flexibility index (Phi) is 6.54. The third kappa shape index (κ3) is 4.65. The predicted molar refractivity (Wildman–Crippen MR) is 123 cm³/mol. The Bertz CT molecular complexity index is 1120. The summed E-state index contributed by atoms with van der Waals surface area (Å²) in [4.78, 5) is 28.3. The van der Waals surface area contributed by atoms with Crippen LogP contribution in [0, 0.1) is 5.82 Å². The molecule has 0 radical (unpaired) electrons. The van der Waals surface area contributed by atoms with E-state index in [1.807, 2.05) is 0 Å². The van der Waals surface area contributed by atoms with Gasteiger partial charge in [0.15, 0.2) is 0 Å². The van der Waals surface area contributed by atoms with E-state index >= 15 is 0 Å². The van der Waals surface area contributed by atoms with Gasteiger partial charge in [-0.2, -0.15) is 4.31 Å². The maximum absolute atomic E-state index is 13.6. The standard InChI is InChI=1S/C24H28FN3O4S/c1-24(23(30)26-19-8-4-2-5-9-19)17-27(33(31,32)21-10-6-3-7-11-21)16-22(29)28(24)20-14-12-18(25)13-15-20/h3,6-7,10-15,19H,2,4-5,8-9,16-17H2,1H3,(H,26,30)/t24-/m0/s1. The zero-order chi connectivity index (χ0) is 23.6. The fraction of sp³-hybridized carbons (Fsp3) is 0.417. The Morgan fingerprint density at radius 3 is 2.30 bits per heavy atom. The molecule has 0 bridgehead atoms. The molecule has 1 heterocycles. The second-order valence-electron chi connectivity index (χ2n) is 8.87. The van der Waals surface area contributed by atoms with Gasteiger partial charge in [0, 0.05) is 18.3 Å². The second-order valence-corrected chi connectivity index (χ2v) is 10.8. The lowest BCUT2D eigenvalue weighted by atomic mass is 9.91. The zero-order valence-electron chi connectivity index (χ0n) is 18.5. The first-order chi connectivity index (χ1) is 15.7. The van der Waals surface area contributed by atoms with Crippen molar-refractivity contribution in [3.8, 4) is 0 Å². The minimum absolute atomic E-state index is 0.0191. The summed E-state index contributed by atoms with van der Waals surface area (Å²) < 4.78 is 41.2. The number of halogens is 1. The number of benzene rings is 2. The molecule has 0 spiro atoms. The van der Waals surface area contributed by atoms with E-state index in [1.54, 1.807) is 25.1 Å². The summed E-state index contributed by atoms with van der Waals surface area (Å²) in [5.74, 6) is -1.43. The number of sulfonamides is 1. The van der Waals surface area contributed by atoms with Gasteiger partial charge in [0.1, 0.15) is 11.4 Å². The molecule has 9 heteroatoms. The van der Waals surface area contributed by atoms with E-state index in [0.717, 1.165) is 36.4 Å². The van der Waals surface area contributed by atoms with Crippen molar-refractivity contribution in [2.75, 3.05) is 18.0 Å². The average molecular weight is 474 g/mol. The van der Waals surface area contributed by atoms with Crippen molar-refractivity contribution in [1.82, 2.24) is 9.62 Å². The van der Waals surface area contributed by atoms with Gasteiger partial charge >= 0.3 is 0 Å². The summed E-state index contributed by atoms with van der Waals surface area (Å²) in [6.07, 6.45) is 4.83. The monoisotopic (exact) mass is 473 g/mol. The van der Waals surface area contributed by atoms with Gasteiger partial charge < -0.3 is 5.32 Å². The number of nitrogens with zero attached hydrogens (tertiary/aromatic N) is 2. The topological polar surface area (TPSA) is 86.8 Å². The predicted octanol–water partition coefficient (Wildman–Crippen LogP) is 3.07. The molecule has 2 aromatic rings. The number of nitrogens with one attached hydrogen (secondary N) is 1. The molecule has 1 aliphatic heterocycles. The van der Waals surface area contributed by atoms with E-state index in [0.29, 0.717) is 5.69 Å². The van der Waals surface area contributed by atoms with Crippen LogP contribution in [0.1, 0.15) is 39.0 Å². The molecule has 1 saturated heterocycles. The first-order valence-electron chi connectivity index (χ1n) is 11.2. The van der Waals surface area contributed by atoms with E-state index in [2.05, 4.69) is 5.32 Å². The number of amides is 2. The van der Waals surface area contributed by atoms with Crippen molar-refractivity contribution in [1.29, 1.82) is 0 Å². The fourth-order valence-electron chi connectivity index (χ4n) is 4.66. The van der Waals surface area contributed by atoms with Crippen LogP contribution in [0.25, 0.3) is 0 Å². The van der Waals surface area contributed by atoms with Crippen molar-refractivity contribution in [2.45, 2.75) is 55.5 Å².